The summed E-state index contributed by atoms with van der Waals surface area (Å²) < 4.78 is 0. The molecule has 0 saturated heterocycles. The monoisotopic (exact) mass is 265 g/mol. The zero-order chi connectivity index (χ0) is 13.9. The van der Waals surface area contributed by atoms with E-state index >= 15 is 0 Å². The SMILES string of the molecule is CC1CCCC(O)(CNCc2cccc(O)c2O)C1. The van der Waals surface area contributed by atoms with Crippen molar-refractivity contribution in [1.82, 2.24) is 5.32 Å². The lowest BCUT2D eigenvalue weighted by molar-refractivity contribution is -0.0119. The zero-order valence-corrected chi connectivity index (χ0v) is 11.4. The van der Waals surface area contributed by atoms with Gasteiger partial charge >= 0.3 is 0 Å². The number of para-hydroxylation sites is 1. The molecular formula is C15H23NO3. The fourth-order valence-corrected chi connectivity index (χ4v) is 2.94. The fraction of sp³-hybridized carbons (Fsp3) is 0.600. The Kier molecular flexibility index (Phi) is 4.32. The molecule has 1 aromatic rings. The van der Waals surface area contributed by atoms with E-state index in [1.165, 1.54) is 12.5 Å². The van der Waals surface area contributed by atoms with E-state index in [1.54, 1.807) is 12.1 Å². The van der Waals surface area contributed by atoms with Crippen molar-refractivity contribution < 1.29 is 15.3 Å². The van der Waals surface area contributed by atoms with E-state index in [-0.39, 0.29) is 11.5 Å². The van der Waals surface area contributed by atoms with Gasteiger partial charge in [-0.3, -0.25) is 0 Å². The predicted molar refractivity (Wildman–Crippen MR) is 74.1 cm³/mol. The van der Waals surface area contributed by atoms with E-state index in [0.29, 0.717) is 24.6 Å². The molecule has 2 rings (SSSR count). The summed E-state index contributed by atoms with van der Waals surface area (Å²) in [4.78, 5) is 0. The molecule has 1 aliphatic rings. The van der Waals surface area contributed by atoms with E-state index in [4.69, 9.17) is 0 Å². The lowest BCUT2D eigenvalue weighted by atomic mass is 9.79. The first-order chi connectivity index (χ1) is 9.00. The molecule has 4 N–H and O–H groups in total. The van der Waals surface area contributed by atoms with Crippen LogP contribution in [-0.2, 0) is 6.54 Å². The van der Waals surface area contributed by atoms with Crippen molar-refractivity contribution >= 4 is 0 Å². The van der Waals surface area contributed by atoms with Crippen LogP contribution in [0, 0.1) is 5.92 Å². The number of benzene rings is 1. The number of phenols is 2. The Hall–Kier alpha value is -1.26. The summed E-state index contributed by atoms with van der Waals surface area (Å²) in [5.74, 6) is 0.373. The molecule has 19 heavy (non-hydrogen) atoms. The molecule has 2 atom stereocenters. The minimum absolute atomic E-state index is 0.0843. The summed E-state index contributed by atoms with van der Waals surface area (Å²) >= 11 is 0. The highest BCUT2D eigenvalue weighted by Gasteiger charge is 2.32. The predicted octanol–water partition coefficient (Wildman–Crippen LogP) is 2.13. The summed E-state index contributed by atoms with van der Waals surface area (Å²) in [6.45, 7) is 3.13. The second-order valence-electron chi connectivity index (χ2n) is 5.81. The van der Waals surface area contributed by atoms with Crippen LogP contribution in [0.2, 0.25) is 0 Å². The van der Waals surface area contributed by atoms with E-state index < -0.39 is 5.60 Å². The third-order valence-corrected chi connectivity index (χ3v) is 3.94. The normalized spacial score (nSPS) is 27.4. The van der Waals surface area contributed by atoms with Crippen molar-refractivity contribution in [2.24, 2.45) is 5.92 Å². The van der Waals surface area contributed by atoms with E-state index in [1.807, 2.05) is 0 Å². The van der Waals surface area contributed by atoms with Gasteiger partial charge < -0.3 is 20.6 Å². The molecule has 0 amide bonds. The number of aromatic hydroxyl groups is 2. The molecule has 2 unspecified atom stereocenters. The first-order valence-electron chi connectivity index (χ1n) is 6.93. The van der Waals surface area contributed by atoms with Gasteiger partial charge in [0.15, 0.2) is 11.5 Å². The highest BCUT2D eigenvalue weighted by atomic mass is 16.3. The van der Waals surface area contributed by atoms with E-state index in [2.05, 4.69) is 12.2 Å². The Morgan fingerprint density at radius 1 is 1.37 bits per heavy atom. The van der Waals surface area contributed by atoms with Crippen molar-refractivity contribution in [2.75, 3.05) is 6.54 Å². The zero-order valence-electron chi connectivity index (χ0n) is 11.4. The van der Waals surface area contributed by atoms with Crippen LogP contribution in [0.15, 0.2) is 18.2 Å². The third kappa shape index (κ3) is 3.61. The third-order valence-electron chi connectivity index (χ3n) is 3.94. The maximum absolute atomic E-state index is 10.5. The molecule has 1 fully saturated rings. The van der Waals surface area contributed by atoms with Crippen LogP contribution in [0.4, 0.5) is 0 Å². The Morgan fingerprint density at radius 2 is 2.16 bits per heavy atom. The highest BCUT2D eigenvalue weighted by Crippen LogP contribution is 2.32. The van der Waals surface area contributed by atoms with E-state index in [0.717, 1.165) is 19.3 Å². The van der Waals surface area contributed by atoms with Crippen LogP contribution >= 0.6 is 0 Å². The Balaban J connectivity index is 1.87. The van der Waals surface area contributed by atoms with Crippen LogP contribution in [0.5, 0.6) is 11.5 Å². The summed E-state index contributed by atoms with van der Waals surface area (Å²) in [6, 6.07) is 4.91. The lowest BCUT2D eigenvalue weighted by Gasteiger charge is -2.35. The molecule has 0 spiro atoms. The number of hydrogen-bond donors (Lipinski definition) is 4. The van der Waals surface area contributed by atoms with Crippen LogP contribution in [0.1, 0.15) is 38.2 Å². The van der Waals surface area contributed by atoms with Gasteiger partial charge in [0.05, 0.1) is 5.60 Å². The number of hydrogen-bond acceptors (Lipinski definition) is 4. The van der Waals surface area contributed by atoms with Crippen molar-refractivity contribution in [1.29, 1.82) is 0 Å². The second kappa shape index (κ2) is 5.80. The average molecular weight is 265 g/mol. The van der Waals surface area contributed by atoms with Crippen LogP contribution in [-0.4, -0.2) is 27.5 Å². The molecule has 0 aliphatic heterocycles. The molecule has 0 radical (unpaired) electrons. The molecule has 0 aromatic heterocycles. The van der Waals surface area contributed by atoms with Gasteiger partial charge in [0, 0.05) is 18.7 Å². The smallest absolute Gasteiger partial charge is 0.161 e. The number of rotatable bonds is 4. The largest absolute Gasteiger partial charge is 0.504 e. The van der Waals surface area contributed by atoms with Crippen LogP contribution < -0.4 is 5.32 Å². The maximum atomic E-state index is 10.5. The summed E-state index contributed by atoms with van der Waals surface area (Å²) in [6.07, 6.45) is 3.91. The van der Waals surface area contributed by atoms with Crippen LogP contribution in [0.3, 0.4) is 0 Å². The number of aliphatic hydroxyl groups is 1. The van der Waals surface area contributed by atoms with Gasteiger partial charge in [-0.2, -0.15) is 0 Å². The molecule has 1 aromatic carbocycles. The van der Waals surface area contributed by atoms with Crippen LogP contribution in [0.25, 0.3) is 0 Å². The topological polar surface area (TPSA) is 72.7 Å². The first-order valence-corrected chi connectivity index (χ1v) is 6.93. The average Bonchev–Trinajstić information content (AvgIpc) is 2.34. The fourth-order valence-electron chi connectivity index (χ4n) is 2.94. The quantitative estimate of drug-likeness (QED) is 0.629. The summed E-state index contributed by atoms with van der Waals surface area (Å²) in [5.41, 5.74) is 0.0110. The van der Waals surface area contributed by atoms with Gasteiger partial charge in [-0.1, -0.05) is 31.9 Å². The van der Waals surface area contributed by atoms with Crippen molar-refractivity contribution in [3.05, 3.63) is 23.8 Å². The van der Waals surface area contributed by atoms with Crippen molar-refractivity contribution in [3.8, 4) is 11.5 Å². The number of phenolic OH excluding ortho intramolecular Hbond substituents is 2. The highest BCUT2D eigenvalue weighted by molar-refractivity contribution is 5.44. The summed E-state index contributed by atoms with van der Waals surface area (Å²) in [7, 11) is 0. The van der Waals surface area contributed by atoms with Gasteiger partial charge in [-0.25, -0.2) is 0 Å². The maximum Gasteiger partial charge on any atom is 0.161 e. The van der Waals surface area contributed by atoms with Gasteiger partial charge in [0.1, 0.15) is 0 Å². The Morgan fingerprint density at radius 3 is 2.89 bits per heavy atom. The minimum Gasteiger partial charge on any atom is -0.504 e. The number of nitrogens with one attached hydrogen (secondary N) is 1. The first kappa shape index (κ1) is 14.2. The van der Waals surface area contributed by atoms with E-state index in [9.17, 15) is 15.3 Å². The molecule has 4 heteroatoms. The van der Waals surface area contributed by atoms with Gasteiger partial charge in [-0.05, 0) is 24.8 Å². The van der Waals surface area contributed by atoms with Gasteiger partial charge in [-0.15, -0.1) is 0 Å². The van der Waals surface area contributed by atoms with Gasteiger partial charge in [0.25, 0.3) is 0 Å². The molecule has 1 saturated carbocycles. The minimum atomic E-state index is -0.635. The molecule has 1 aliphatic carbocycles. The standard InChI is InChI=1S/C15H23NO3/c1-11-4-3-7-15(19,8-11)10-16-9-12-5-2-6-13(17)14(12)18/h2,5-6,11,16-19H,3-4,7-10H2,1H3. The molecule has 0 bridgehead atoms. The second-order valence-corrected chi connectivity index (χ2v) is 5.81. The van der Waals surface area contributed by atoms with Crippen molar-refractivity contribution in [2.45, 2.75) is 44.8 Å². The lowest BCUT2D eigenvalue weighted by Crippen LogP contribution is -2.43. The van der Waals surface area contributed by atoms with Crippen molar-refractivity contribution in [3.63, 3.8) is 0 Å². The molecule has 4 nitrogen and oxygen atoms in total. The summed E-state index contributed by atoms with van der Waals surface area (Å²) in [5, 5.41) is 32.7. The Bertz CT molecular complexity index is 435. The molecule has 0 heterocycles. The molecular weight excluding hydrogens is 242 g/mol. The van der Waals surface area contributed by atoms with Gasteiger partial charge in [0.2, 0.25) is 0 Å². The molecule has 106 valence electrons. The Labute approximate surface area is 114 Å².